The van der Waals surface area contributed by atoms with Crippen LogP contribution in [0.1, 0.15) is 15.9 Å². The third-order valence-corrected chi connectivity index (χ3v) is 2.81. The Morgan fingerprint density at radius 1 is 1.15 bits per heavy atom. The number of benzene rings is 2. The van der Waals surface area contributed by atoms with Crippen molar-refractivity contribution in [1.29, 1.82) is 0 Å². The molecule has 0 amide bonds. The van der Waals surface area contributed by atoms with Crippen LogP contribution in [0.15, 0.2) is 48.5 Å². The van der Waals surface area contributed by atoms with Gasteiger partial charge in [0.2, 0.25) is 0 Å². The lowest BCUT2D eigenvalue weighted by atomic mass is 10.2. The fraction of sp³-hybridized carbons (Fsp3) is 0.133. The molecule has 0 bridgehead atoms. The Hall–Kier alpha value is -2.04. The summed E-state index contributed by atoms with van der Waals surface area (Å²) in [5.74, 6) is 0.172. The molecule has 0 N–H and O–H groups in total. The standard InChI is InChI=1S/C15H13ClO4/c1-18-14-7-5-11(6-8-14)10-19-20-15(17)12-3-2-4-13(16)9-12/h2-9H,10H2,1H3. The smallest absolute Gasteiger partial charge is 0.373 e. The van der Waals surface area contributed by atoms with Gasteiger partial charge in [-0.15, -0.1) is 0 Å². The van der Waals surface area contributed by atoms with E-state index in [1.165, 1.54) is 6.07 Å². The number of carbonyl (C=O) groups is 1. The average Bonchev–Trinajstić information content (AvgIpc) is 2.48. The lowest BCUT2D eigenvalue weighted by Gasteiger charge is -2.05. The summed E-state index contributed by atoms with van der Waals surface area (Å²) in [5.41, 5.74) is 1.21. The van der Waals surface area contributed by atoms with E-state index in [9.17, 15) is 4.79 Å². The van der Waals surface area contributed by atoms with Gasteiger partial charge in [0.15, 0.2) is 0 Å². The van der Waals surface area contributed by atoms with E-state index in [4.69, 9.17) is 26.1 Å². The van der Waals surface area contributed by atoms with E-state index in [1.807, 2.05) is 12.1 Å². The summed E-state index contributed by atoms with van der Waals surface area (Å²) in [4.78, 5) is 21.3. The van der Waals surface area contributed by atoms with Gasteiger partial charge in [-0.2, -0.15) is 4.89 Å². The van der Waals surface area contributed by atoms with Crippen molar-refractivity contribution >= 4 is 17.6 Å². The SMILES string of the molecule is COc1ccc(COOC(=O)c2cccc(Cl)c2)cc1. The maximum Gasteiger partial charge on any atom is 0.373 e. The van der Waals surface area contributed by atoms with Gasteiger partial charge in [0.1, 0.15) is 12.4 Å². The highest BCUT2D eigenvalue weighted by molar-refractivity contribution is 6.30. The normalized spacial score (nSPS) is 10.1. The molecule has 4 nitrogen and oxygen atoms in total. The summed E-state index contributed by atoms with van der Waals surface area (Å²) in [6, 6.07) is 13.7. The molecular formula is C15H13ClO4. The second-order valence-corrected chi connectivity index (χ2v) is 4.43. The number of hydrogen-bond acceptors (Lipinski definition) is 4. The zero-order valence-corrected chi connectivity index (χ0v) is 11.6. The van der Waals surface area contributed by atoms with Crippen LogP contribution in [0.2, 0.25) is 5.02 Å². The molecule has 0 unspecified atom stereocenters. The molecule has 5 heteroatoms. The first kappa shape index (κ1) is 14.4. The van der Waals surface area contributed by atoms with E-state index < -0.39 is 5.97 Å². The van der Waals surface area contributed by atoms with Crippen molar-refractivity contribution in [2.24, 2.45) is 0 Å². The van der Waals surface area contributed by atoms with Gasteiger partial charge >= 0.3 is 5.97 Å². The lowest BCUT2D eigenvalue weighted by Crippen LogP contribution is -2.06. The molecule has 0 atom stereocenters. The fourth-order valence-electron chi connectivity index (χ4n) is 1.54. The molecule has 2 aromatic rings. The van der Waals surface area contributed by atoms with E-state index in [0.717, 1.165) is 11.3 Å². The molecule has 2 rings (SSSR count). The third-order valence-electron chi connectivity index (χ3n) is 2.58. The van der Waals surface area contributed by atoms with Crippen LogP contribution in [0, 0.1) is 0 Å². The van der Waals surface area contributed by atoms with Crippen molar-refractivity contribution in [2.45, 2.75) is 6.61 Å². The van der Waals surface area contributed by atoms with Crippen molar-refractivity contribution in [1.82, 2.24) is 0 Å². The molecule has 0 saturated heterocycles. The van der Waals surface area contributed by atoms with Crippen LogP contribution < -0.4 is 4.74 Å². The molecule has 0 radical (unpaired) electrons. The van der Waals surface area contributed by atoms with Gasteiger partial charge in [-0.3, -0.25) is 4.89 Å². The molecule has 0 spiro atoms. The van der Waals surface area contributed by atoms with Gasteiger partial charge in [-0.25, -0.2) is 4.79 Å². The fourth-order valence-corrected chi connectivity index (χ4v) is 1.73. The molecule has 0 heterocycles. The Morgan fingerprint density at radius 3 is 2.55 bits per heavy atom. The van der Waals surface area contributed by atoms with Gasteiger partial charge in [0.05, 0.1) is 12.7 Å². The van der Waals surface area contributed by atoms with Gasteiger partial charge < -0.3 is 4.74 Å². The van der Waals surface area contributed by atoms with E-state index in [-0.39, 0.29) is 6.61 Å². The maximum atomic E-state index is 11.7. The largest absolute Gasteiger partial charge is 0.497 e. The summed E-state index contributed by atoms with van der Waals surface area (Å²) in [7, 11) is 1.60. The number of ether oxygens (including phenoxy) is 1. The van der Waals surface area contributed by atoms with Gasteiger partial charge in [0, 0.05) is 5.02 Å². The second kappa shape index (κ2) is 6.93. The Balaban J connectivity index is 1.84. The average molecular weight is 293 g/mol. The van der Waals surface area contributed by atoms with Crippen molar-refractivity contribution in [2.75, 3.05) is 7.11 Å². The molecule has 0 aliphatic carbocycles. The van der Waals surface area contributed by atoms with Crippen molar-refractivity contribution in [3.05, 3.63) is 64.7 Å². The minimum atomic E-state index is -0.582. The summed E-state index contributed by atoms with van der Waals surface area (Å²) in [6.07, 6.45) is 0. The van der Waals surface area contributed by atoms with Crippen LogP contribution in [0.25, 0.3) is 0 Å². The van der Waals surface area contributed by atoms with Crippen molar-refractivity contribution < 1.29 is 19.3 Å². The van der Waals surface area contributed by atoms with Gasteiger partial charge in [-0.1, -0.05) is 29.8 Å². The predicted octanol–water partition coefficient (Wildman–Crippen LogP) is 3.64. The molecule has 0 aromatic heterocycles. The summed E-state index contributed by atoms with van der Waals surface area (Å²) >= 11 is 5.79. The van der Waals surface area contributed by atoms with Crippen LogP contribution in [0.3, 0.4) is 0 Å². The number of hydrogen-bond donors (Lipinski definition) is 0. The Morgan fingerprint density at radius 2 is 1.90 bits per heavy atom. The second-order valence-electron chi connectivity index (χ2n) is 3.99. The molecule has 2 aromatic carbocycles. The van der Waals surface area contributed by atoms with Crippen molar-refractivity contribution in [3.8, 4) is 5.75 Å². The van der Waals surface area contributed by atoms with Crippen molar-refractivity contribution in [3.63, 3.8) is 0 Å². The molecular weight excluding hydrogens is 280 g/mol. The van der Waals surface area contributed by atoms with Crippen LogP contribution in [-0.2, 0) is 16.4 Å². The topological polar surface area (TPSA) is 44.8 Å². The lowest BCUT2D eigenvalue weighted by molar-refractivity contribution is -0.250. The number of methoxy groups -OCH3 is 1. The maximum absolute atomic E-state index is 11.7. The monoisotopic (exact) mass is 292 g/mol. The first-order valence-corrected chi connectivity index (χ1v) is 6.29. The zero-order chi connectivity index (χ0) is 14.4. The zero-order valence-electron chi connectivity index (χ0n) is 10.8. The first-order chi connectivity index (χ1) is 9.69. The molecule has 0 saturated carbocycles. The Kier molecular flexibility index (Phi) is 4.98. The number of halogens is 1. The van der Waals surface area contributed by atoms with Gasteiger partial charge in [-0.05, 0) is 35.9 Å². The highest BCUT2D eigenvalue weighted by Gasteiger charge is 2.08. The van der Waals surface area contributed by atoms with Crippen LogP contribution >= 0.6 is 11.6 Å². The van der Waals surface area contributed by atoms with Crippen LogP contribution in [-0.4, -0.2) is 13.1 Å². The highest BCUT2D eigenvalue weighted by Crippen LogP contribution is 2.14. The number of carbonyl (C=O) groups excluding carboxylic acids is 1. The third kappa shape index (κ3) is 3.98. The van der Waals surface area contributed by atoms with Crippen LogP contribution in [0.5, 0.6) is 5.75 Å². The first-order valence-electron chi connectivity index (χ1n) is 5.91. The molecule has 0 aliphatic rings. The highest BCUT2D eigenvalue weighted by atomic mass is 35.5. The van der Waals surface area contributed by atoms with E-state index >= 15 is 0 Å². The molecule has 0 fully saturated rings. The quantitative estimate of drug-likeness (QED) is 0.623. The van der Waals surface area contributed by atoms with Gasteiger partial charge in [0.25, 0.3) is 0 Å². The Bertz CT molecular complexity index is 581. The predicted molar refractivity (Wildman–Crippen MR) is 74.7 cm³/mol. The minimum Gasteiger partial charge on any atom is -0.497 e. The number of rotatable bonds is 5. The molecule has 20 heavy (non-hydrogen) atoms. The molecule has 104 valence electrons. The summed E-state index contributed by atoms with van der Waals surface area (Å²) < 4.78 is 5.04. The van der Waals surface area contributed by atoms with E-state index in [0.29, 0.717) is 10.6 Å². The van der Waals surface area contributed by atoms with E-state index in [2.05, 4.69) is 0 Å². The minimum absolute atomic E-state index is 0.163. The summed E-state index contributed by atoms with van der Waals surface area (Å²) in [6.45, 7) is 0.163. The summed E-state index contributed by atoms with van der Waals surface area (Å²) in [5, 5.41) is 0.467. The Labute approximate surface area is 121 Å². The van der Waals surface area contributed by atoms with E-state index in [1.54, 1.807) is 37.4 Å². The van der Waals surface area contributed by atoms with Crippen LogP contribution in [0.4, 0.5) is 0 Å². The molecule has 0 aliphatic heterocycles.